The fourth-order valence-electron chi connectivity index (χ4n) is 4.05. The van der Waals surface area contributed by atoms with Crippen molar-refractivity contribution < 1.29 is 14.6 Å². The van der Waals surface area contributed by atoms with Crippen LogP contribution in [0.3, 0.4) is 0 Å². The number of aromatic hydroxyl groups is 1. The molecular weight excluding hydrogens is 430 g/mol. The molecule has 0 spiro atoms. The first-order valence-corrected chi connectivity index (χ1v) is 10.8. The van der Waals surface area contributed by atoms with Crippen molar-refractivity contribution in [1.29, 1.82) is 0 Å². The van der Waals surface area contributed by atoms with Crippen LogP contribution in [-0.2, 0) is 4.79 Å². The number of benzene rings is 3. The highest BCUT2D eigenvalue weighted by atomic mass is 16.5. The number of carbonyl (C=O) groups is 1. The Labute approximate surface area is 196 Å². The summed E-state index contributed by atoms with van der Waals surface area (Å²) in [5.74, 6) is 1.49. The third-order valence-corrected chi connectivity index (χ3v) is 5.64. The van der Waals surface area contributed by atoms with E-state index in [0.29, 0.717) is 40.0 Å². The summed E-state index contributed by atoms with van der Waals surface area (Å²) in [7, 11) is 1.60. The van der Waals surface area contributed by atoms with Crippen molar-refractivity contribution in [3.05, 3.63) is 95.7 Å². The molecule has 0 aliphatic carbocycles. The van der Waals surface area contributed by atoms with Gasteiger partial charge in [-0.25, -0.2) is 4.68 Å². The second-order valence-electron chi connectivity index (χ2n) is 7.92. The highest BCUT2D eigenvalue weighted by Gasteiger charge is 2.34. The normalized spacial score (nSPS) is 14.8. The van der Waals surface area contributed by atoms with Gasteiger partial charge < -0.3 is 20.5 Å². The number of anilines is 2. The van der Waals surface area contributed by atoms with Gasteiger partial charge in [-0.1, -0.05) is 42.5 Å². The quantitative estimate of drug-likeness (QED) is 0.409. The van der Waals surface area contributed by atoms with Crippen LogP contribution < -0.4 is 15.4 Å². The van der Waals surface area contributed by atoms with Crippen LogP contribution in [0.2, 0.25) is 0 Å². The minimum Gasteiger partial charge on any atom is -0.508 e. The van der Waals surface area contributed by atoms with Gasteiger partial charge in [-0.05, 0) is 48.9 Å². The number of phenols is 1. The predicted octanol–water partition coefficient (Wildman–Crippen LogP) is 4.59. The van der Waals surface area contributed by atoms with Gasteiger partial charge in [0.15, 0.2) is 5.82 Å². The van der Waals surface area contributed by atoms with E-state index in [2.05, 4.69) is 15.6 Å². The van der Waals surface area contributed by atoms with Crippen molar-refractivity contribution in [3.63, 3.8) is 0 Å². The lowest BCUT2D eigenvalue weighted by molar-refractivity contribution is -0.113. The molecule has 170 valence electrons. The molecule has 0 fully saturated rings. The van der Waals surface area contributed by atoms with E-state index in [1.807, 2.05) is 67.6 Å². The van der Waals surface area contributed by atoms with Gasteiger partial charge in [-0.15, -0.1) is 5.10 Å². The van der Waals surface area contributed by atoms with Gasteiger partial charge in [0.2, 0.25) is 5.95 Å². The number of nitrogens with one attached hydrogen (secondary N) is 2. The Kier molecular flexibility index (Phi) is 5.47. The molecule has 0 saturated heterocycles. The lowest BCUT2D eigenvalue weighted by atomic mass is 9.95. The summed E-state index contributed by atoms with van der Waals surface area (Å²) >= 11 is 0. The molecule has 3 N–H and O–H groups in total. The van der Waals surface area contributed by atoms with Crippen molar-refractivity contribution >= 4 is 17.5 Å². The first-order valence-electron chi connectivity index (χ1n) is 10.8. The number of allylic oxidation sites excluding steroid dienone is 1. The molecule has 1 aromatic heterocycles. The van der Waals surface area contributed by atoms with Gasteiger partial charge in [0.25, 0.3) is 5.91 Å². The van der Waals surface area contributed by atoms with Crippen molar-refractivity contribution in [2.45, 2.75) is 13.0 Å². The molecule has 1 amide bonds. The van der Waals surface area contributed by atoms with Crippen LogP contribution in [0, 0.1) is 0 Å². The average Bonchev–Trinajstić information content (AvgIpc) is 3.27. The van der Waals surface area contributed by atoms with E-state index < -0.39 is 6.04 Å². The minimum absolute atomic E-state index is 0.125. The largest absolute Gasteiger partial charge is 0.508 e. The van der Waals surface area contributed by atoms with Gasteiger partial charge >= 0.3 is 0 Å². The van der Waals surface area contributed by atoms with E-state index >= 15 is 0 Å². The Morgan fingerprint density at radius 3 is 2.62 bits per heavy atom. The Morgan fingerprint density at radius 1 is 1.06 bits per heavy atom. The number of fused-ring (bicyclic) bond motifs is 1. The number of amides is 1. The van der Waals surface area contributed by atoms with Crippen LogP contribution in [0.25, 0.3) is 11.4 Å². The van der Waals surface area contributed by atoms with E-state index in [-0.39, 0.29) is 11.7 Å². The zero-order valence-electron chi connectivity index (χ0n) is 18.7. The average molecular weight is 454 g/mol. The molecule has 0 saturated carbocycles. The van der Waals surface area contributed by atoms with Crippen LogP contribution in [-0.4, -0.2) is 32.9 Å². The summed E-state index contributed by atoms with van der Waals surface area (Å²) in [4.78, 5) is 18.2. The van der Waals surface area contributed by atoms with E-state index in [1.165, 1.54) is 0 Å². The fraction of sp³-hybridized carbons (Fsp3) is 0.115. The number of para-hydroxylation sites is 1. The second kappa shape index (κ2) is 8.74. The molecule has 5 rings (SSSR count). The summed E-state index contributed by atoms with van der Waals surface area (Å²) < 4.78 is 7.13. The van der Waals surface area contributed by atoms with Crippen LogP contribution >= 0.6 is 0 Å². The molecule has 4 aromatic rings. The Morgan fingerprint density at radius 2 is 1.85 bits per heavy atom. The molecule has 1 unspecified atom stereocenters. The Hall–Kier alpha value is -4.59. The number of hydrogen-bond donors (Lipinski definition) is 3. The van der Waals surface area contributed by atoms with E-state index in [4.69, 9.17) is 9.84 Å². The molecule has 8 heteroatoms. The molecule has 8 nitrogen and oxygen atoms in total. The highest BCUT2D eigenvalue weighted by molar-refractivity contribution is 6.06. The molecule has 1 atom stereocenters. The number of aromatic nitrogens is 3. The van der Waals surface area contributed by atoms with Gasteiger partial charge in [-0.3, -0.25) is 4.79 Å². The number of methoxy groups -OCH3 is 1. The lowest BCUT2D eigenvalue weighted by Crippen LogP contribution is -2.31. The maximum absolute atomic E-state index is 13.5. The lowest BCUT2D eigenvalue weighted by Gasteiger charge is -2.28. The number of rotatable bonds is 5. The summed E-state index contributed by atoms with van der Waals surface area (Å²) in [6.45, 7) is 1.85. The molecule has 0 radical (unpaired) electrons. The predicted molar refractivity (Wildman–Crippen MR) is 130 cm³/mol. The highest BCUT2D eigenvalue weighted by Crippen LogP contribution is 2.38. The van der Waals surface area contributed by atoms with Crippen LogP contribution in [0.4, 0.5) is 11.6 Å². The van der Waals surface area contributed by atoms with Crippen molar-refractivity contribution in [1.82, 2.24) is 14.8 Å². The van der Waals surface area contributed by atoms with Gasteiger partial charge in [0.05, 0.1) is 12.7 Å². The summed E-state index contributed by atoms with van der Waals surface area (Å²) in [5, 5.41) is 20.8. The van der Waals surface area contributed by atoms with Crippen LogP contribution in [0.1, 0.15) is 18.5 Å². The topological polar surface area (TPSA) is 101 Å². The third kappa shape index (κ3) is 3.97. The fourth-order valence-corrected chi connectivity index (χ4v) is 4.05. The van der Waals surface area contributed by atoms with Crippen molar-refractivity contribution in [2.24, 2.45) is 0 Å². The van der Waals surface area contributed by atoms with Crippen LogP contribution in [0.15, 0.2) is 90.1 Å². The molecular formula is C26H23N5O3. The molecule has 2 heterocycles. The monoisotopic (exact) mass is 453 g/mol. The Balaban J connectivity index is 1.62. The Bertz CT molecular complexity index is 1390. The number of phenolic OH excluding ortho intramolecular Hbond substituents is 1. The van der Waals surface area contributed by atoms with Gasteiger partial charge in [0, 0.05) is 16.9 Å². The number of hydrogen-bond acceptors (Lipinski definition) is 6. The molecule has 1 aliphatic heterocycles. The van der Waals surface area contributed by atoms with E-state index in [0.717, 1.165) is 5.56 Å². The van der Waals surface area contributed by atoms with Crippen molar-refractivity contribution in [3.8, 4) is 22.9 Å². The van der Waals surface area contributed by atoms with Gasteiger partial charge in [0.1, 0.15) is 17.5 Å². The SMILES string of the molecule is COc1cccc(C2C(C(=O)Nc3ccccc3)=C(C)Nc3nc(-c4cccc(O)c4)nn32)c1. The second-order valence-corrected chi connectivity index (χ2v) is 7.92. The zero-order valence-corrected chi connectivity index (χ0v) is 18.7. The molecule has 0 bridgehead atoms. The van der Waals surface area contributed by atoms with Crippen molar-refractivity contribution in [2.75, 3.05) is 17.7 Å². The number of nitrogens with zero attached hydrogens (tertiary/aromatic N) is 3. The molecule has 3 aromatic carbocycles. The summed E-state index contributed by atoms with van der Waals surface area (Å²) in [6, 6.07) is 23.1. The maximum Gasteiger partial charge on any atom is 0.255 e. The number of carbonyl (C=O) groups excluding carboxylic acids is 1. The minimum atomic E-state index is -0.548. The first kappa shape index (κ1) is 21.3. The van der Waals surface area contributed by atoms with E-state index in [9.17, 15) is 9.90 Å². The number of ether oxygens (including phenoxy) is 1. The van der Waals surface area contributed by atoms with Crippen LogP contribution in [0.5, 0.6) is 11.5 Å². The van der Waals surface area contributed by atoms with E-state index in [1.54, 1.807) is 30.0 Å². The zero-order chi connectivity index (χ0) is 23.7. The standard InChI is InChI=1S/C26H23N5O3/c1-16-22(25(33)28-19-10-4-3-5-11-19)23(17-8-7-13-21(15-17)34-2)31-26(27-16)29-24(30-31)18-9-6-12-20(32)14-18/h3-15,23,32H,1-2H3,(H,28,33)(H,27,29,30). The first-order chi connectivity index (χ1) is 16.5. The van der Waals surface area contributed by atoms with Gasteiger partial charge in [-0.2, -0.15) is 4.98 Å². The summed E-state index contributed by atoms with van der Waals surface area (Å²) in [5.41, 5.74) is 3.37. The summed E-state index contributed by atoms with van der Waals surface area (Å²) in [6.07, 6.45) is 0. The maximum atomic E-state index is 13.5. The molecule has 1 aliphatic rings. The molecule has 34 heavy (non-hydrogen) atoms. The third-order valence-electron chi connectivity index (χ3n) is 5.64. The smallest absolute Gasteiger partial charge is 0.255 e.